The number of hydrogen-bond donors (Lipinski definition) is 0. The highest BCUT2D eigenvalue weighted by molar-refractivity contribution is 4.71. The lowest BCUT2D eigenvalue weighted by atomic mass is 10.2. The monoisotopic (exact) mass is 252 g/mol. The fraction of sp³-hybridized carbons (Fsp3) is 0.625. The average molecular weight is 252 g/mol. The van der Waals surface area contributed by atoms with Crippen molar-refractivity contribution in [1.82, 2.24) is 0 Å². The van der Waals surface area contributed by atoms with Gasteiger partial charge in [-0.05, 0) is 25.2 Å². The van der Waals surface area contributed by atoms with Crippen molar-refractivity contribution in [1.29, 1.82) is 0 Å². The number of nitrogens with zero attached hydrogens (tertiary/aromatic N) is 2. The van der Waals surface area contributed by atoms with Crippen molar-refractivity contribution in [2.24, 2.45) is 0 Å². The standard InChI is InChI=1S/C16H32N2/c1-7-12-17(5,10-4)15-11-16-18(6,13-8-2)14-9-3/h7-9H,1-3,10-16H2,4-6H3/q+2. The lowest BCUT2D eigenvalue weighted by Crippen LogP contribution is -2.49. The highest BCUT2D eigenvalue weighted by Crippen LogP contribution is 2.09. The van der Waals surface area contributed by atoms with Gasteiger partial charge in [-0.15, -0.1) is 0 Å². The molecule has 0 aliphatic rings. The van der Waals surface area contributed by atoms with Gasteiger partial charge < -0.3 is 8.97 Å². The molecule has 0 aliphatic heterocycles. The zero-order valence-corrected chi connectivity index (χ0v) is 12.7. The van der Waals surface area contributed by atoms with E-state index in [0.29, 0.717) is 0 Å². The van der Waals surface area contributed by atoms with Crippen molar-refractivity contribution in [3.63, 3.8) is 0 Å². The Kier molecular flexibility index (Phi) is 7.88. The summed E-state index contributed by atoms with van der Waals surface area (Å²) in [6.45, 7) is 20.5. The van der Waals surface area contributed by atoms with E-state index in [9.17, 15) is 0 Å². The summed E-state index contributed by atoms with van der Waals surface area (Å²) in [6.07, 6.45) is 7.30. The normalized spacial score (nSPS) is 14.8. The molecule has 0 aromatic rings. The summed E-state index contributed by atoms with van der Waals surface area (Å²) >= 11 is 0. The average Bonchev–Trinajstić information content (AvgIpc) is 2.30. The molecule has 0 bridgehead atoms. The number of hydrogen-bond acceptors (Lipinski definition) is 0. The minimum absolute atomic E-state index is 1.02. The molecule has 2 heteroatoms. The van der Waals surface area contributed by atoms with Crippen LogP contribution in [0.25, 0.3) is 0 Å². The maximum atomic E-state index is 3.86. The molecule has 0 aromatic carbocycles. The van der Waals surface area contributed by atoms with Gasteiger partial charge in [-0.1, -0.05) is 19.7 Å². The maximum Gasteiger partial charge on any atom is 0.0971 e. The molecule has 0 saturated carbocycles. The van der Waals surface area contributed by atoms with E-state index in [4.69, 9.17) is 0 Å². The molecule has 0 spiro atoms. The predicted molar refractivity (Wildman–Crippen MR) is 82.5 cm³/mol. The summed E-state index contributed by atoms with van der Waals surface area (Å²) in [6, 6.07) is 0. The molecule has 1 unspecified atom stereocenters. The molecule has 0 radical (unpaired) electrons. The van der Waals surface area contributed by atoms with Crippen molar-refractivity contribution >= 4 is 0 Å². The molecular formula is C16H32N2+2. The molecule has 0 saturated heterocycles. The number of likely N-dealkylation sites (N-methyl/N-ethyl adjacent to an activating group) is 2. The molecule has 0 aliphatic carbocycles. The fourth-order valence-electron chi connectivity index (χ4n) is 2.40. The van der Waals surface area contributed by atoms with Gasteiger partial charge in [-0.2, -0.15) is 0 Å². The Labute approximate surface area is 114 Å². The Bertz CT molecular complexity index is 260. The molecule has 2 nitrogen and oxygen atoms in total. The van der Waals surface area contributed by atoms with Crippen LogP contribution >= 0.6 is 0 Å². The third-order valence-corrected chi connectivity index (χ3v) is 3.87. The molecule has 0 N–H and O–H groups in total. The first-order valence-corrected chi connectivity index (χ1v) is 6.95. The molecule has 0 amide bonds. The van der Waals surface area contributed by atoms with Crippen LogP contribution < -0.4 is 0 Å². The predicted octanol–water partition coefficient (Wildman–Crippen LogP) is 2.85. The first-order valence-electron chi connectivity index (χ1n) is 6.95. The van der Waals surface area contributed by atoms with Gasteiger partial charge in [0.25, 0.3) is 0 Å². The zero-order chi connectivity index (χ0) is 14.1. The van der Waals surface area contributed by atoms with Crippen molar-refractivity contribution in [3.05, 3.63) is 38.0 Å². The Balaban J connectivity index is 4.31. The first kappa shape index (κ1) is 17.1. The quantitative estimate of drug-likeness (QED) is 0.392. The van der Waals surface area contributed by atoms with E-state index < -0.39 is 0 Å². The van der Waals surface area contributed by atoms with Gasteiger partial charge in [-0.3, -0.25) is 0 Å². The van der Waals surface area contributed by atoms with Gasteiger partial charge in [0.15, 0.2) is 0 Å². The minimum Gasteiger partial charge on any atom is -0.323 e. The highest BCUT2D eigenvalue weighted by Gasteiger charge is 2.22. The third-order valence-electron chi connectivity index (χ3n) is 3.87. The van der Waals surface area contributed by atoms with Crippen LogP contribution in [-0.2, 0) is 0 Å². The van der Waals surface area contributed by atoms with Crippen LogP contribution in [0.2, 0.25) is 0 Å². The van der Waals surface area contributed by atoms with Crippen LogP contribution in [0.1, 0.15) is 13.3 Å². The Morgan fingerprint density at radius 2 is 1.17 bits per heavy atom. The fourth-order valence-corrected chi connectivity index (χ4v) is 2.40. The number of quaternary nitrogens is 2. The number of rotatable bonds is 11. The first-order chi connectivity index (χ1) is 8.45. The van der Waals surface area contributed by atoms with Gasteiger partial charge in [0.05, 0.1) is 53.4 Å². The molecule has 1 atom stereocenters. The highest BCUT2D eigenvalue weighted by atomic mass is 15.3. The van der Waals surface area contributed by atoms with E-state index in [0.717, 1.165) is 28.6 Å². The second-order valence-corrected chi connectivity index (χ2v) is 5.77. The second kappa shape index (κ2) is 8.28. The SMILES string of the molecule is C=CC[N+](C)(CC)CCC[N+](C)(CC=C)CC=C. The van der Waals surface area contributed by atoms with Gasteiger partial charge in [-0.25, -0.2) is 0 Å². The molecule has 18 heavy (non-hydrogen) atoms. The lowest BCUT2D eigenvalue weighted by molar-refractivity contribution is -0.919. The summed E-state index contributed by atoms with van der Waals surface area (Å²) in [5, 5.41) is 0. The summed E-state index contributed by atoms with van der Waals surface area (Å²) in [4.78, 5) is 0. The van der Waals surface area contributed by atoms with Crippen molar-refractivity contribution in [3.8, 4) is 0 Å². The van der Waals surface area contributed by atoms with E-state index in [1.165, 1.54) is 26.1 Å². The van der Waals surface area contributed by atoms with E-state index in [2.05, 4.69) is 40.8 Å². The van der Waals surface area contributed by atoms with Crippen LogP contribution in [0.15, 0.2) is 38.0 Å². The summed E-state index contributed by atoms with van der Waals surface area (Å²) in [5.41, 5.74) is 0. The third kappa shape index (κ3) is 6.18. The maximum absolute atomic E-state index is 3.86. The molecule has 0 rings (SSSR count). The molecular weight excluding hydrogens is 220 g/mol. The van der Waals surface area contributed by atoms with Crippen molar-refractivity contribution in [2.75, 3.05) is 53.4 Å². The van der Waals surface area contributed by atoms with Crippen LogP contribution in [0.4, 0.5) is 0 Å². The van der Waals surface area contributed by atoms with E-state index in [1.807, 2.05) is 18.2 Å². The van der Waals surface area contributed by atoms with Gasteiger partial charge in [0.2, 0.25) is 0 Å². The van der Waals surface area contributed by atoms with Gasteiger partial charge in [0.1, 0.15) is 0 Å². The van der Waals surface area contributed by atoms with E-state index in [-0.39, 0.29) is 0 Å². The largest absolute Gasteiger partial charge is 0.323 e. The van der Waals surface area contributed by atoms with Crippen LogP contribution in [-0.4, -0.2) is 62.3 Å². The Morgan fingerprint density at radius 3 is 1.56 bits per heavy atom. The van der Waals surface area contributed by atoms with Crippen LogP contribution in [0.5, 0.6) is 0 Å². The summed E-state index contributed by atoms with van der Waals surface area (Å²) < 4.78 is 2.11. The second-order valence-electron chi connectivity index (χ2n) is 5.77. The Hall–Kier alpha value is -0.860. The van der Waals surface area contributed by atoms with Gasteiger partial charge in [0, 0.05) is 6.42 Å². The minimum atomic E-state index is 1.02. The molecule has 104 valence electrons. The summed E-state index contributed by atoms with van der Waals surface area (Å²) in [7, 11) is 4.60. The lowest BCUT2D eigenvalue weighted by Gasteiger charge is -2.36. The topological polar surface area (TPSA) is 0 Å². The molecule has 0 heterocycles. The zero-order valence-electron chi connectivity index (χ0n) is 12.7. The van der Waals surface area contributed by atoms with E-state index >= 15 is 0 Å². The molecule has 0 fully saturated rings. The van der Waals surface area contributed by atoms with E-state index in [1.54, 1.807) is 0 Å². The van der Waals surface area contributed by atoms with Crippen molar-refractivity contribution in [2.45, 2.75) is 13.3 Å². The molecule has 0 aromatic heterocycles. The summed E-state index contributed by atoms with van der Waals surface area (Å²) in [5.74, 6) is 0. The van der Waals surface area contributed by atoms with Crippen LogP contribution in [0.3, 0.4) is 0 Å². The smallest absolute Gasteiger partial charge is 0.0971 e. The Morgan fingerprint density at radius 1 is 0.778 bits per heavy atom. The van der Waals surface area contributed by atoms with Crippen molar-refractivity contribution < 1.29 is 8.97 Å². The van der Waals surface area contributed by atoms with Crippen LogP contribution in [0, 0.1) is 0 Å². The van der Waals surface area contributed by atoms with Gasteiger partial charge >= 0.3 is 0 Å².